The minimum Gasteiger partial charge on any atom is -0.493 e. The molecule has 0 fully saturated rings. The second-order valence-corrected chi connectivity index (χ2v) is 14.5. The summed E-state index contributed by atoms with van der Waals surface area (Å²) in [5.41, 5.74) is 2.00. The SMILES string of the molecule is CCCCn1c(O)c(N=Nc2c(C)n(C)n(-c3ccccc3)c2=O)c(C)c(C#N)c1=O.[C-]#[N+]c1c(C)c(N=NC2=C(C)N(C)N(c3ccccc3)C2O)c(O)n(CCCC)c1=O.[Ni]. The number of benzene rings is 2. The molecule has 1 aliphatic heterocycles. The molecule has 0 amide bonds. The van der Waals surface area contributed by atoms with Gasteiger partial charge in [0.25, 0.3) is 22.4 Å². The fraction of sp³-hybridized carbons (Fsp3) is 0.341. The number of aromatic hydroxyl groups is 2. The van der Waals surface area contributed by atoms with Crippen molar-refractivity contribution < 1.29 is 31.8 Å². The number of anilines is 1. The van der Waals surface area contributed by atoms with Gasteiger partial charge in [0.1, 0.15) is 23.0 Å². The number of aromatic nitrogens is 4. The molecule has 1 aliphatic rings. The number of hydrazine groups is 1. The van der Waals surface area contributed by atoms with Crippen LogP contribution in [-0.2, 0) is 36.6 Å². The minimum absolute atomic E-state index is 0. The fourth-order valence-corrected chi connectivity index (χ4v) is 6.83. The van der Waals surface area contributed by atoms with Crippen molar-refractivity contribution in [3.63, 3.8) is 0 Å². The number of hydrogen-bond donors (Lipinski definition) is 3. The van der Waals surface area contributed by atoms with Crippen molar-refractivity contribution in [1.82, 2.24) is 23.5 Å². The van der Waals surface area contributed by atoms with Crippen LogP contribution in [-0.4, -0.2) is 52.1 Å². The van der Waals surface area contributed by atoms with Crippen LogP contribution in [0.2, 0.25) is 0 Å². The smallest absolute Gasteiger partial charge is 0.299 e. The monoisotopic (exact) mass is 900 g/mol. The maximum atomic E-state index is 13.0. The van der Waals surface area contributed by atoms with Gasteiger partial charge in [-0.15, -0.1) is 20.5 Å². The summed E-state index contributed by atoms with van der Waals surface area (Å²) in [4.78, 5) is 41.4. The molecule has 3 N–H and O–H groups in total. The number of nitrogens with zero attached hydrogens (tertiary/aromatic N) is 12. The average Bonchev–Trinajstić information content (AvgIpc) is 3.61. The number of azo groups is 2. The molecule has 2 aromatic carbocycles. The molecule has 19 heteroatoms. The van der Waals surface area contributed by atoms with Gasteiger partial charge in [0.15, 0.2) is 17.6 Å². The van der Waals surface area contributed by atoms with Gasteiger partial charge in [-0.2, -0.15) is 5.26 Å². The Morgan fingerprint density at radius 3 is 1.75 bits per heavy atom. The first-order valence-electron chi connectivity index (χ1n) is 20.0. The van der Waals surface area contributed by atoms with E-state index in [9.17, 15) is 35.0 Å². The van der Waals surface area contributed by atoms with Crippen LogP contribution in [0.5, 0.6) is 11.8 Å². The molecule has 1 unspecified atom stereocenters. The van der Waals surface area contributed by atoms with Crippen molar-refractivity contribution in [1.29, 1.82) is 5.26 Å². The number of aliphatic hydroxyl groups is 1. The average molecular weight is 902 g/mol. The van der Waals surface area contributed by atoms with Crippen LogP contribution >= 0.6 is 0 Å². The number of aliphatic hydroxyl groups excluding tert-OH is 1. The Balaban J connectivity index is 0.000000272. The number of para-hydroxylation sites is 2. The second kappa shape index (κ2) is 21.1. The van der Waals surface area contributed by atoms with Crippen molar-refractivity contribution in [2.45, 2.75) is 86.5 Å². The first-order valence-corrected chi connectivity index (χ1v) is 20.0. The van der Waals surface area contributed by atoms with Gasteiger partial charge in [-0.1, -0.05) is 63.1 Å². The summed E-state index contributed by atoms with van der Waals surface area (Å²) >= 11 is 0. The van der Waals surface area contributed by atoms with E-state index in [2.05, 4.69) is 25.3 Å². The fourth-order valence-electron chi connectivity index (χ4n) is 6.83. The van der Waals surface area contributed by atoms with Gasteiger partial charge >= 0.3 is 0 Å². The van der Waals surface area contributed by atoms with Crippen LogP contribution in [0.25, 0.3) is 10.5 Å². The number of hydrogen-bond acceptors (Lipinski definition) is 13. The van der Waals surface area contributed by atoms with Gasteiger partial charge in [-0.25, -0.2) is 9.53 Å². The predicted molar refractivity (Wildman–Crippen MR) is 235 cm³/mol. The van der Waals surface area contributed by atoms with E-state index in [0.717, 1.165) is 27.7 Å². The van der Waals surface area contributed by atoms with Crippen LogP contribution < -0.4 is 21.7 Å². The minimum atomic E-state index is -1.08. The Labute approximate surface area is 374 Å². The predicted octanol–water partition coefficient (Wildman–Crippen LogP) is 7.96. The van der Waals surface area contributed by atoms with Gasteiger partial charge in [0.2, 0.25) is 11.8 Å². The van der Waals surface area contributed by atoms with Gasteiger partial charge in [0.05, 0.1) is 29.3 Å². The molecule has 63 heavy (non-hydrogen) atoms. The Bertz CT molecular complexity index is 2830. The van der Waals surface area contributed by atoms with Crippen LogP contribution in [0.1, 0.15) is 68.8 Å². The molecule has 0 bridgehead atoms. The van der Waals surface area contributed by atoms with Crippen LogP contribution in [0.15, 0.2) is 107 Å². The van der Waals surface area contributed by atoms with Gasteiger partial charge in [-0.3, -0.25) is 38.2 Å². The number of rotatable bonds is 12. The number of nitriles is 1. The Morgan fingerprint density at radius 2 is 1.22 bits per heavy atom. The molecule has 332 valence electrons. The quantitative estimate of drug-likeness (QED) is 0.0628. The molecular formula is C44H50N12NiO6. The molecule has 0 radical (unpaired) electrons. The third kappa shape index (κ3) is 9.55. The van der Waals surface area contributed by atoms with Gasteiger partial charge < -0.3 is 15.3 Å². The van der Waals surface area contributed by atoms with E-state index in [-0.39, 0.29) is 86.3 Å². The largest absolute Gasteiger partial charge is 0.493 e. The number of allylic oxidation sites excluding steroid dienone is 1. The summed E-state index contributed by atoms with van der Waals surface area (Å²) in [6.07, 6.45) is 1.87. The molecule has 18 nitrogen and oxygen atoms in total. The molecule has 4 heterocycles. The zero-order chi connectivity index (χ0) is 45.4. The van der Waals surface area contributed by atoms with E-state index in [4.69, 9.17) is 6.57 Å². The maximum absolute atomic E-state index is 13.0. The summed E-state index contributed by atoms with van der Waals surface area (Å²) < 4.78 is 5.43. The summed E-state index contributed by atoms with van der Waals surface area (Å²) in [6.45, 7) is 18.5. The topological polar surface area (TPSA) is 216 Å². The zero-order valence-electron chi connectivity index (χ0n) is 36.3. The standard InChI is InChI=1S/C22H26N6O3.C22H24N6O3.Ni/c1-6-7-13-27-20(29)17(23-4)14(2)18(21(27)30)24-25-19-15(3)26(5)28(22(19)31)16-11-9-8-10-12-16;1-5-6-12-27-20(29)17(13-23)14(2)18(21(27)30)24-25-19-15(3)26(4)28(22(19)31)16-10-8-7-9-11-16;/h8-12,22,30-31H,6-7,13H2,1-3,5H3;7-11,30H,5-6,12H2,1-4H3;. The first-order chi connectivity index (χ1) is 29.7. The van der Waals surface area contributed by atoms with Crippen molar-refractivity contribution in [3.8, 4) is 23.5 Å². The van der Waals surface area contributed by atoms with Crippen molar-refractivity contribution >= 4 is 28.4 Å². The Morgan fingerprint density at radius 1 is 0.730 bits per heavy atom. The summed E-state index contributed by atoms with van der Waals surface area (Å²) in [7, 11) is 3.54. The van der Waals surface area contributed by atoms with Crippen molar-refractivity contribution in [2.75, 3.05) is 12.1 Å². The van der Waals surface area contributed by atoms with E-state index in [1.807, 2.05) is 68.4 Å². The van der Waals surface area contributed by atoms with Gasteiger partial charge in [0, 0.05) is 49.2 Å². The van der Waals surface area contributed by atoms with Gasteiger partial charge in [-0.05, 0) is 70.4 Å². The molecular weight excluding hydrogens is 851 g/mol. The molecule has 0 saturated heterocycles. The summed E-state index contributed by atoms with van der Waals surface area (Å²) in [5.74, 6) is -0.693. The third-order valence-corrected chi connectivity index (χ3v) is 10.7. The molecule has 3 aromatic heterocycles. The van der Waals surface area contributed by atoms with E-state index in [0.29, 0.717) is 35.6 Å². The summed E-state index contributed by atoms with van der Waals surface area (Å²) in [6, 6.07) is 20.4. The van der Waals surface area contributed by atoms with Crippen LogP contribution in [0.3, 0.4) is 0 Å². The van der Waals surface area contributed by atoms with Crippen molar-refractivity contribution in [2.24, 2.45) is 27.5 Å². The van der Waals surface area contributed by atoms with E-state index in [1.165, 1.54) is 11.6 Å². The molecule has 0 saturated carbocycles. The second-order valence-electron chi connectivity index (χ2n) is 14.5. The first kappa shape index (κ1) is 48.6. The Kier molecular flexibility index (Phi) is 16.3. The molecule has 6 rings (SSSR count). The van der Waals surface area contributed by atoms with Crippen molar-refractivity contribution in [3.05, 3.63) is 137 Å². The van der Waals surface area contributed by atoms with Crippen LogP contribution in [0, 0.1) is 38.7 Å². The Hall–Kier alpha value is -7.08. The van der Waals surface area contributed by atoms with E-state index in [1.54, 1.807) is 61.7 Å². The van der Waals surface area contributed by atoms with E-state index < -0.39 is 17.3 Å². The molecule has 0 spiro atoms. The third-order valence-electron chi connectivity index (χ3n) is 10.7. The zero-order valence-corrected chi connectivity index (χ0v) is 37.3. The normalized spacial score (nSPS) is 13.6. The summed E-state index contributed by atoms with van der Waals surface area (Å²) in [5, 5.41) is 61.7. The van der Waals surface area contributed by atoms with E-state index >= 15 is 0 Å². The van der Waals surface area contributed by atoms with Crippen LogP contribution in [0.4, 0.5) is 28.4 Å². The maximum Gasteiger partial charge on any atom is 0.299 e. The molecule has 1 atom stereocenters. The molecule has 5 aromatic rings. The molecule has 0 aliphatic carbocycles. The number of pyridine rings is 2. The number of unbranched alkanes of at least 4 members (excludes halogenated alkanes) is 2.